The Morgan fingerprint density at radius 1 is 1.00 bits per heavy atom. The first-order valence-electron chi connectivity index (χ1n) is 7.72. The Hall–Kier alpha value is -1.80. The summed E-state index contributed by atoms with van der Waals surface area (Å²) in [7, 11) is 0. The fourth-order valence-electron chi connectivity index (χ4n) is 3.27. The predicted molar refractivity (Wildman–Crippen MR) is 89.9 cm³/mol. The zero-order valence-corrected chi connectivity index (χ0v) is 13.2. The van der Waals surface area contributed by atoms with Crippen molar-refractivity contribution >= 4 is 5.69 Å². The van der Waals surface area contributed by atoms with E-state index in [9.17, 15) is 0 Å². The van der Waals surface area contributed by atoms with Crippen LogP contribution >= 0.6 is 0 Å². The van der Waals surface area contributed by atoms with Crippen LogP contribution in [0.25, 0.3) is 0 Å². The number of rotatable bonds is 2. The molecule has 1 aliphatic rings. The van der Waals surface area contributed by atoms with Gasteiger partial charge in [-0.15, -0.1) is 0 Å². The number of hydrogen-bond acceptors (Lipinski definition) is 2. The molecule has 2 aromatic carbocycles. The lowest BCUT2D eigenvalue weighted by Crippen LogP contribution is -2.57. The lowest BCUT2D eigenvalue weighted by Gasteiger charge is -2.43. The van der Waals surface area contributed by atoms with Crippen molar-refractivity contribution in [3.05, 3.63) is 65.2 Å². The summed E-state index contributed by atoms with van der Waals surface area (Å²) in [5, 5.41) is 3.70. The average Bonchev–Trinajstić information content (AvgIpc) is 2.51. The minimum atomic E-state index is 0.00962. The Bertz CT molecular complexity index is 621. The zero-order chi connectivity index (χ0) is 14.9. The van der Waals surface area contributed by atoms with E-state index in [0.29, 0.717) is 0 Å². The highest BCUT2D eigenvalue weighted by Gasteiger charge is 2.32. The van der Waals surface area contributed by atoms with Crippen molar-refractivity contribution in [2.24, 2.45) is 0 Å². The molecule has 1 N–H and O–H groups in total. The van der Waals surface area contributed by atoms with Crippen LogP contribution in [0.1, 0.15) is 23.6 Å². The highest BCUT2D eigenvalue weighted by Crippen LogP contribution is 2.30. The van der Waals surface area contributed by atoms with E-state index in [0.717, 1.165) is 19.6 Å². The summed E-state index contributed by atoms with van der Waals surface area (Å²) >= 11 is 0. The van der Waals surface area contributed by atoms with Gasteiger partial charge in [-0.2, -0.15) is 0 Å². The number of piperazine rings is 1. The molecule has 2 heteroatoms. The second-order valence-electron chi connectivity index (χ2n) is 6.27. The van der Waals surface area contributed by atoms with Gasteiger partial charge in [-0.05, 0) is 43.5 Å². The van der Waals surface area contributed by atoms with Gasteiger partial charge >= 0.3 is 0 Å². The number of hydrogen-bond donors (Lipinski definition) is 1. The second-order valence-corrected chi connectivity index (χ2v) is 6.27. The van der Waals surface area contributed by atoms with Crippen LogP contribution in [0, 0.1) is 13.8 Å². The van der Waals surface area contributed by atoms with Crippen molar-refractivity contribution in [2.45, 2.75) is 26.3 Å². The van der Waals surface area contributed by atoms with E-state index >= 15 is 0 Å². The summed E-state index contributed by atoms with van der Waals surface area (Å²) in [6, 6.07) is 17.4. The average molecular weight is 280 g/mol. The van der Waals surface area contributed by atoms with E-state index in [-0.39, 0.29) is 5.54 Å². The normalized spacial score (nSPS) is 22.3. The van der Waals surface area contributed by atoms with Gasteiger partial charge in [0.2, 0.25) is 0 Å². The van der Waals surface area contributed by atoms with Crippen LogP contribution in [0.4, 0.5) is 5.69 Å². The Labute approximate surface area is 127 Å². The van der Waals surface area contributed by atoms with Gasteiger partial charge in [-0.25, -0.2) is 0 Å². The van der Waals surface area contributed by atoms with Gasteiger partial charge < -0.3 is 10.2 Å². The van der Waals surface area contributed by atoms with E-state index in [1.165, 1.54) is 22.4 Å². The molecule has 1 atom stereocenters. The molecule has 2 nitrogen and oxygen atoms in total. The molecule has 0 radical (unpaired) electrons. The standard InChI is InChI=1S/C19H24N2/c1-15-8-7-11-18(16(15)2)21-13-12-20-19(3,14-21)17-9-5-4-6-10-17/h4-11,20H,12-14H2,1-3H3. The molecule has 1 fully saturated rings. The van der Waals surface area contributed by atoms with Crippen molar-refractivity contribution in [1.82, 2.24) is 5.32 Å². The summed E-state index contributed by atoms with van der Waals surface area (Å²) in [6.45, 7) is 9.80. The summed E-state index contributed by atoms with van der Waals surface area (Å²) in [6.07, 6.45) is 0. The third-order valence-electron chi connectivity index (χ3n) is 4.73. The lowest BCUT2D eigenvalue weighted by molar-refractivity contribution is 0.332. The van der Waals surface area contributed by atoms with Gasteiger partial charge in [-0.1, -0.05) is 42.5 Å². The molecule has 0 spiro atoms. The SMILES string of the molecule is Cc1cccc(N2CCNC(C)(c3ccccc3)C2)c1C. The molecule has 1 heterocycles. The molecule has 0 aromatic heterocycles. The number of benzene rings is 2. The molecule has 21 heavy (non-hydrogen) atoms. The molecule has 1 unspecified atom stereocenters. The third kappa shape index (κ3) is 2.68. The fraction of sp³-hybridized carbons (Fsp3) is 0.368. The molecule has 110 valence electrons. The van der Waals surface area contributed by atoms with Crippen molar-refractivity contribution < 1.29 is 0 Å². The second kappa shape index (κ2) is 5.53. The highest BCUT2D eigenvalue weighted by molar-refractivity contribution is 5.57. The molecule has 0 aliphatic carbocycles. The smallest absolute Gasteiger partial charge is 0.0584 e. The summed E-state index contributed by atoms with van der Waals surface area (Å²) in [4.78, 5) is 2.52. The Balaban J connectivity index is 1.91. The summed E-state index contributed by atoms with van der Waals surface area (Å²) in [5.74, 6) is 0. The van der Waals surface area contributed by atoms with Crippen LogP contribution in [-0.2, 0) is 5.54 Å². The van der Waals surface area contributed by atoms with Gasteiger partial charge in [0.05, 0.1) is 5.54 Å². The minimum absolute atomic E-state index is 0.00962. The summed E-state index contributed by atoms with van der Waals surface area (Å²) in [5.41, 5.74) is 5.51. The van der Waals surface area contributed by atoms with E-state index in [4.69, 9.17) is 0 Å². The first-order chi connectivity index (χ1) is 10.1. The third-order valence-corrected chi connectivity index (χ3v) is 4.73. The molecule has 0 bridgehead atoms. The number of aryl methyl sites for hydroxylation is 1. The first kappa shape index (κ1) is 14.2. The van der Waals surface area contributed by atoms with Gasteiger partial charge in [0.1, 0.15) is 0 Å². The minimum Gasteiger partial charge on any atom is -0.368 e. The van der Waals surface area contributed by atoms with Crippen LogP contribution in [0.2, 0.25) is 0 Å². The van der Waals surface area contributed by atoms with Crippen LogP contribution in [0.5, 0.6) is 0 Å². The van der Waals surface area contributed by atoms with Gasteiger partial charge in [-0.3, -0.25) is 0 Å². The van der Waals surface area contributed by atoms with Crippen LogP contribution < -0.4 is 10.2 Å². The summed E-state index contributed by atoms with van der Waals surface area (Å²) < 4.78 is 0. The Morgan fingerprint density at radius 3 is 2.52 bits per heavy atom. The molecule has 1 aliphatic heterocycles. The largest absolute Gasteiger partial charge is 0.368 e. The Morgan fingerprint density at radius 2 is 1.76 bits per heavy atom. The number of nitrogens with one attached hydrogen (secondary N) is 1. The lowest BCUT2D eigenvalue weighted by atomic mass is 9.89. The van der Waals surface area contributed by atoms with Crippen LogP contribution in [0.15, 0.2) is 48.5 Å². The van der Waals surface area contributed by atoms with Crippen LogP contribution in [-0.4, -0.2) is 19.6 Å². The maximum absolute atomic E-state index is 3.70. The molecular weight excluding hydrogens is 256 g/mol. The first-order valence-corrected chi connectivity index (χ1v) is 7.72. The quantitative estimate of drug-likeness (QED) is 0.903. The van der Waals surface area contributed by atoms with Gasteiger partial charge in [0.25, 0.3) is 0 Å². The molecule has 1 saturated heterocycles. The molecule has 0 amide bonds. The van der Waals surface area contributed by atoms with Crippen molar-refractivity contribution in [2.75, 3.05) is 24.5 Å². The monoisotopic (exact) mass is 280 g/mol. The molecule has 0 saturated carbocycles. The van der Waals surface area contributed by atoms with E-state index in [1.807, 2.05) is 0 Å². The molecule has 3 rings (SSSR count). The maximum atomic E-state index is 3.70. The van der Waals surface area contributed by atoms with E-state index < -0.39 is 0 Å². The maximum Gasteiger partial charge on any atom is 0.0584 e. The topological polar surface area (TPSA) is 15.3 Å². The van der Waals surface area contributed by atoms with E-state index in [2.05, 4.69) is 79.5 Å². The van der Waals surface area contributed by atoms with Crippen molar-refractivity contribution in [3.63, 3.8) is 0 Å². The fourth-order valence-corrected chi connectivity index (χ4v) is 3.27. The van der Waals surface area contributed by atoms with Gasteiger partial charge in [0.15, 0.2) is 0 Å². The zero-order valence-electron chi connectivity index (χ0n) is 13.2. The predicted octanol–water partition coefficient (Wildman–Crippen LogP) is 3.63. The highest BCUT2D eigenvalue weighted by atomic mass is 15.2. The Kier molecular flexibility index (Phi) is 3.73. The molecular formula is C19H24N2. The van der Waals surface area contributed by atoms with Crippen molar-refractivity contribution in [1.29, 1.82) is 0 Å². The van der Waals surface area contributed by atoms with Crippen molar-refractivity contribution in [3.8, 4) is 0 Å². The van der Waals surface area contributed by atoms with E-state index in [1.54, 1.807) is 0 Å². The van der Waals surface area contributed by atoms with Crippen LogP contribution in [0.3, 0.4) is 0 Å². The number of anilines is 1. The number of nitrogens with zero attached hydrogens (tertiary/aromatic N) is 1. The molecule has 2 aromatic rings. The van der Waals surface area contributed by atoms with Gasteiger partial charge in [0, 0.05) is 25.3 Å².